The number of ether oxygens (including phenoxy) is 2. The van der Waals surface area contributed by atoms with E-state index in [1.807, 2.05) is 31.2 Å². The molecular formula is C15H19NO2. The molecule has 3 heteroatoms. The van der Waals surface area contributed by atoms with Gasteiger partial charge in [-0.25, -0.2) is 0 Å². The fourth-order valence-corrected chi connectivity index (χ4v) is 2.51. The van der Waals surface area contributed by atoms with Crippen LogP contribution in [-0.4, -0.2) is 19.8 Å². The molecule has 1 aliphatic rings. The summed E-state index contributed by atoms with van der Waals surface area (Å²) in [5.74, 6) is 0.863. The second-order valence-electron chi connectivity index (χ2n) is 4.59. The Morgan fingerprint density at radius 3 is 3.06 bits per heavy atom. The topological polar surface area (TPSA) is 42.2 Å². The van der Waals surface area contributed by atoms with Crippen LogP contribution >= 0.6 is 0 Å². The molecule has 0 fully saturated rings. The predicted octanol–water partition coefficient (Wildman–Crippen LogP) is 3.05. The molecule has 0 spiro atoms. The Labute approximate surface area is 108 Å². The van der Waals surface area contributed by atoms with E-state index in [1.165, 1.54) is 0 Å². The standard InChI is InChI=1S/C15H19NO2/c1-2-17-10-5-8-15(12-16)9-11-18-14-7-4-3-6-13(14)15/h3-4,6-7H,2,5,8-11H2,1H3. The average molecular weight is 245 g/mol. The summed E-state index contributed by atoms with van der Waals surface area (Å²) < 4.78 is 11.0. The van der Waals surface area contributed by atoms with Gasteiger partial charge in [-0.3, -0.25) is 0 Å². The zero-order valence-corrected chi connectivity index (χ0v) is 10.8. The molecule has 96 valence electrons. The minimum Gasteiger partial charge on any atom is -0.493 e. The number of benzene rings is 1. The molecule has 0 bridgehead atoms. The average Bonchev–Trinajstić information content (AvgIpc) is 2.44. The van der Waals surface area contributed by atoms with E-state index in [2.05, 4.69) is 6.07 Å². The molecule has 0 aliphatic carbocycles. The molecular weight excluding hydrogens is 226 g/mol. The molecule has 3 nitrogen and oxygen atoms in total. The van der Waals surface area contributed by atoms with Crippen molar-refractivity contribution in [3.05, 3.63) is 29.8 Å². The second-order valence-corrected chi connectivity index (χ2v) is 4.59. The van der Waals surface area contributed by atoms with Crippen molar-refractivity contribution < 1.29 is 9.47 Å². The van der Waals surface area contributed by atoms with Gasteiger partial charge in [0.1, 0.15) is 5.75 Å². The summed E-state index contributed by atoms with van der Waals surface area (Å²) in [6.07, 6.45) is 2.52. The highest BCUT2D eigenvalue weighted by Gasteiger charge is 2.37. The fraction of sp³-hybridized carbons (Fsp3) is 0.533. The minimum atomic E-state index is -0.397. The Bertz CT molecular complexity index is 438. The van der Waals surface area contributed by atoms with E-state index in [4.69, 9.17) is 9.47 Å². The maximum atomic E-state index is 9.60. The highest BCUT2D eigenvalue weighted by atomic mass is 16.5. The number of hydrogen-bond donors (Lipinski definition) is 0. The Morgan fingerprint density at radius 1 is 1.44 bits per heavy atom. The summed E-state index contributed by atoms with van der Waals surface area (Å²) in [4.78, 5) is 0. The van der Waals surface area contributed by atoms with Crippen LogP contribution < -0.4 is 4.74 Å². The summed E-state index contributed by atoms with van der Waals surface area (Å²) in [6.45, 7) is 4.07. The van der Waals surface area contributed by atoms with Gasteiger partial charge in [-0.15, -0.1) is 0 Å². The van der Waals surface area contributed by atoms with Crippen molar-refractivity contribution in [3.63, 3.8) is 0 Å². The normalized spacial score (nSPS) is 21.8. The van der Waals surface area contributed by atoms with E-state index in [0.717, 1.165) is 43.8 Å². The summed E-state index contributed by atoms with van der Waals surface area (Å²) in [5, 5.41) is 9.60. The van der Waals surface area contributed by atoms with E-state index in [9.17, 15) is 5.26 Å². The number of nitrogens with zero attached hydrogens (tertiary/aromatic N) is 1. The number of hydrogen-bond acceptors (Lipinski definition) is 3. The molecule has 0 saturated heterocycles. The Morgan fingerprint density at radius 2 is 2.28 bits per heavy atom. The lowest BCUT2D eigenvalue weighted by Gasteiger charge is -2.33. The Kier molecular flexibility index (Phi) is 4.22. The van der Waals surface area contributed by atoms with Crippen molar-refractivity contribution in [1.29, 1.82) is 5.26 Å². The second kappa shape index (κ2) is 5.88. The Hall–Kier alpha value is -1.53. The zero-order valence-electron chi connectivity index (χ0n) is 10.8. The zero-order chi connectivity index (χ0) is 12.8. The molecule has 1 atom stereocenters. The molecule has 1 aromatic carbocycles. The first kappa shape index (κ1) is 12.9. The lowest BCUT2D eigenvalue weighted by atomic mass is 9.74. The van der Waals surface area contributed by atoms with Gasteiger partial charge < -0.3 is 9.47 Å². The van der Waals surface area contributed by atoms with Crippen molar-refractivity contribution >= 4 is 0 Å². The molecule has 1 aliphatic heterocycles. The lowest BCUT2D eigenvalue weighted by molar-refractivity contribution is 0.135. The minimum absolute atomic E-state index is 0.397. The third-order valence-corrected chi connectivity index (χ3v) is 3.50. The van der Waals surface area contributed by atoms with Gasteiger partial charge in [0.15, 0.2) is 0 Å². The highest BCUT2D eigenvalue weighted by Crippen LogP contribution is 2.41. The van der Waals surface area contributed by atoms with Crippen molar-refractivity contribution in [2.75, 3.05) is 19.8 Å². The van der Waals surface area contributed by atoms with Crippen LogP contribution in [0.25, 0.3) is 0 Å². The summed E-state index contributed by atoms with van der Waals surface area (Å²) in [6, 6.07) is 10.4. The summed E-state index contributed by atoms with van der Waals surface area (Å²) in [5.41, 5.74) is 0.640. The quantitative estimate of drug-likeness (QED) is 0.749. The van der Waals surface area contributed by atoms with E-state index in [0.29, 0.717) is 6.61 Å². The maximum absolute atomic E-state index is 9.60. The number of fused-ring (bicyclic) bond motifs is 1. The summed E-state index contributed by atoms with van der Waals surface area (Å²) in [7, 11) is 0. The highest BCUT2D eigenvalue weighted by molar-refractivity contribution is 5.45. The van der Waals surface area contributed by atoms with Gasteiger partial charge in [-0.05, 0) is 25.8 Å². The van der Waals surface area contributed by atoms with Crippen molar-refractivity contribution in [1.82, 2.24) is 0 Å². The van der Waals surface area contributed by atoms with Crippen LogP contribution in [0.2, 0.25) is 0 Å². The molecule has 0 saturated carbocycles. The molecule has 0 amide bonds. The molecule has 1 aromatic rings. The maximum Gasteiger partial charge on any atom is 0.124 e. The molecule has 1 heterocycles. The van der Waals surface area contributed by atoms with Crippen LogP contribution in [-0.2, 0) is 10.2 Å². The lowest BCUT2D eigenvalue weighted by Crippen LogP contribution is -2.31. The monoisotopic (exact) mass is 245 g/mol. The first-order valence-corrected chi connectivity index (χ1v) is 6.54. The van der Waals surface area contributed by atoms with Gasteiger partial charge in [-0.2, -0.15) is 5.26 Å². The largest absolute Gasteiger partial charge is 0.493 e. The molecule has 0 N–H and O–H groups in total. The molecule has 0 radical (unpaired) electrons. The van der Waals surface area contributed by atoms with E-state index in [1.54, 1.807) is 0 Å². The van der Waals surface area contributed by atoms with Crippen molar-refractivity contribution in [3.8, 4) is 11.8 Å². The third kappa shape index (κ3) is 2.49. The van der Waals surface area contributed by atoms with Crippen molar-refractivity contribution in [2.45, 2.75) is 31.6 Å². The number of nitriles is 1. The van der Waals surface area contributed by atoms with Gasteiger partial charge in [0, 0.05) is 25.2 Å². The summed E-state index contributed by atoms with van der Waals surface area (Å²) >= 11 is 0. The number of para-hydroxylation sites is 1. The molecule has 18 heavy (non-hydrogen) atoms. The van der Waals surface area contributed by atoms with Gasteiger partial charge in [-0.1, -0.05) is 18.2 Å². The van der Waals surface area contributed by atoms with E-state index >= 15 is 0 Å². The SMILES string of the molecule is CCOCCCC1(C#N)CCOc2ccccc21. The smallest absolute Gasteiger partial charge is 0.124 e. The van der Waals surface area contributed by atoms with Crippen molar-refractivity contribution in [2.24, 2.45) is 0 Å². The van der Waals surface area contributed by atoms with E-state index in [-0.39, 0.29) is 0 Å². The fourth-order valence-electron chi connectivity index (χ4n) is 2.51. The van der Waals surface area contributed by atoms with Gasteiger partial charge in [0.05, 0.1) is 18.1 Å². The van der Waals surface area contributed by atoms with Gasteiger partial charge in [0.25, 0.3) is 0 Å². The van der Waals surface area contributed by atoms with Crippen LogP contribution in [0.1, 0.15) is 31.7 Å². The predicted molar refractivity (Wildman–Crippen MR) is 69.6 cm³/mol. The van der Waals surface area contributed by atoms with Crippen LogP contribution in [0.15, 0.2) is 24.3 Å². The van der Waals surface area contributed by atoms with Gasteiger partial charge in [0.2, 0.25) is 0 Å². The first-order valence-electron chi connectivity index (χ1n) is 6.54. The van der Waals surface area contributed by atoms with Gasteiger partial charge >= 0.3 is 0 Å². The third-order valence-electron chi connectivity index (χ3n) is 3.50. The van der Waals surface area contributed by atoms with Crippen LogP contribution in [0.5, 0.6) is 5.75 Å². The van der Waals surface area contributed by atoms with Crippen LogP contribution in [0, 0.1) is 11.3 Å². The Balaban J connectivity index is 2.15. The molecule has 0 aromatic heterocycles. The van der Waals surface area contributed by atoms with Crippen LogP contribution in [0.4, 0.5) is 0 Å². The molecule has 1 unspecified atom stereocenters. The van der Waals surface area contributed by atoms with E-state index < -0.39 is 5.41 Å². The van der Waals surface area contributed by atoms with Crippen LogP contribution in [0.3, 0.4) is 0 Å². The molecule has 2 rings (SSSR count). The first-order chi connectivity index (χ1) is 8.82. The number of rotatable bonds is 5.